The average Bonchev–Trinajstić information content (AvgIpc) is 2.14. The number of rotatable bonds is 2. The van der Waals surface area contributed by atoms with E-state index < -0.39 is 11.9 Å². The summed E-state index contributed by atoms with van der Waals surface area (Å²) in [4.78, 5) is 22.2. The molecule has 0 spiro atoms. The third kappa shape index (κ3) is 2.96. The molecule has 0 aliphatic heterocycles. The molecule has 0 aromatic heterocycles. The lowest BCUT2D eigenvalue weighted by Crippen LogP contribution is -2.16. The molecule has 0 radical (unpaired) electrons. The molecule has 0 aliphatic rings. The van der Waals surface area contributed by atoms with Gasteiger partial charge >= 0.3 is 11.9 Å². The summed E-state index contributed by atoms with van der Waals surface area (Å²) in [6.07, 6.45) is 0. The molecule has 1 aromatic carbocycles. The van der Waals surface area contributed by atoms with Gasteiger partial charge in [-0.2, -0.15) is 0 Å². The molecular weight excluding hydrogens is 335 g/mol. The first-order valence-electron chi connectivity index (χ1n) is 4.95. The van der Waals surface area contributed by atoms with Crippen LogP contribution < -0.4 is 0 Å². The van der Waals surface area contributed by atoms with Crippen LogP contribution in [0.3, 0.4) is 0 Å². The molecule has 0 unspecified atom stereocenters. The van der Waals surface area contributed by atoms with Gasteiger partial charge in [-0.15, -0.1) is 0 Å². The second-order valence-corrected chi connectivity index (χ2v) is 5.82. The van der Waals surface area contributed by atoms with E-state index in [2.05, 4.69) is 0 Å². The molecular formula is C12H13IO4. The van der Waals surface area contributed by atoms with E-state index in [1.54, 1.807) is 22.6 Å². The summed E-state index contributed by atoms with van der Waals surface area (Å²) >= 11 is 1.75. The highest BCUT2D eigenvalue weighted by atomic mass is 127. The van der Waals surface area contributed by atoms with Crippen molar-refractivity contribution in [1.82, 2.24) is 0 Å². The summed E-state index contributed by atoms with van der Waals surface area (Å²) in [6.45, 7) is 5.73. The Hall–Kier alpha value is -1.11. The van der Waals surface area contributed by atoms with Crippen molar-refractivity contribution in [3.05, 3.63) is 32.4 Å². The Morgan fingerprint density at radius 1 is 1.06 bits per heavy atom. The van der Waals surface area contributed by atoms with Crippen molar-refractivity contribution in [2.75, 3.05) is 0 Å². The third-order valence-corrected chi connectivity index (χ3v) is 3.56. The Labute approximate surface area is 113 Å². The van der Waals surface area contributed by atoms with E-state index in [-0.39, 0.29) is 20.1 Å². The lowest BCUT2D eigenvalue weighted by molar-refractivity contribution is 0.0695. The number of carbonyl (C=O) groups is 2. The van der Waals surface area contributed by atoms with Gasteiger partial charge in [-0.1, -0.05) is 20.8 Å². The van der Waals surface area contributed by atoms with Crippen molar-refractivity contribution in [3.63, 3.8) is 0 Å². The zero-order valence-corrected chi connectivity index (χ0v) is 11.9. The minimum absolute atomic E-state index is 0.0374. The van der Waals surface area contributed by atoms with Crippen molar-refractivity contribution in [2.24, 2.45) is 0 Å². The summed E-state index contributed by atoms with van der Waals surface area (Å²) in [5, 5.41) is 18.1. The fourth-order valence-electron chi connectivity index (χ4n) is 1.37. The molecule has 0 fully saturated rings. The molecule has 92 valence electrons. The average molecular weight is 348 g/mol. The van der Waals surface area contributed by atoms with E-state index in [9.17, 15) is 9.59 Å². The SMILES string of the molecule is CC(C)(C)c1cc(C(=O)O)c(I)c(C(=O)O)c1. The highest BCUT2D eigenvalue weighted by Crippen LogP contribution is 2.28. The summed E-state index contributed by atoms with van der Waals surface area (Å²) in [7, 11) is 0. The predicted octanol–water partition coefficient (Wildman–Crippen LogP) is 2.99. The lowest BCUT2D eigenvalue weighted by atomic mass is 9.85. The van der Waals surface area contributed by atoms with Gasteiger partial charge in [-0.3, -0.25) is 0 Å². The predicted molar refractivity (Wildman–Crippen MR) is 71.8 cm³/mol. The Morgan fingerprint density at radius 2 is 1.41 bits per heavy atom. The molecule has 0 saturated heterocycles. The smallest absolute Gasteiger partial charge is 0.336 e. The minimum atomic E-state index is -1.11. The van der Waals surface area contributed by atoms with Gasteiger partial charge in [0.1, 0.15) is 0 Å². The number of benzene rings is 1. The number of carboxylic acids is 2. The first-order valence-corrected chi connectivity index (χ1v) is 6.03. The van der Waals surface area contributed by atoms with Crippen molar-refractivity contribution < 1.29 is 19.8 Å². The van der Waals surface area contributed by atoms with Gasteiger partial charge in [-0.25, -0.2) is 9.59 Å². The second-order valence-electron chi connectivity index (χ2n) is 4.75. The molecule has 17 heavy (non-hydrogen) atoms. The maximum atomic E-state index is 11.1. The van der Waals surface area contributed by atoms with Crippen LogP contribution in [-0.2, 0) is 5.41 Å². The molecule has 0 saturated carbocycles. The van der Waals surface area contributed by atoms with E-state index in [1.807, 2.05) is 20.8 Å². The first-order chi connectivity index (χ1) is 7.64. The normalized spacial score (nSPS) is 11.3. The fraction of sp³-hybridized carbons (Fsp3) is 0.333. The van der Waals surface area contributed by atoms with Gasteiger partial charge in [0.2, 0.25) is 0 Å². The number of halogens is 1. The molecule has 0 amide bonds. The minimum Gasteiger partial charge on any atom is -0.478 e. The van der Waals surface area contributed by atoms with Crippen molar-refractivity contribution >= 4 is 34.5 Å². The molecule has 5 heteroatoms. The van der Waals surface area contributed by atoms with Gasteiger partial charge in [0.15, 0.2) is 0 Å². The molecule has 1 rings (SSSR count). The summed E-state index contributed by atoms with van der Waals surface area (Å²) < 4.78 is 0.260. The van der Waals surface area contributed by atoms with Gasteiger partial charge < -0.3 is 10.2 Å². The molecule has 0 bridgehead atoms. The van der Waals surface area contributed by atoms with E-state index in [0.717, 1.165) is 0 Å². The maximum absolute atomic E-state index is 11.1. The monoisotopic (exact) mass is 348 g/mol. The van der Waals surface area contributed by atoms with Crippen LogP contribution in [0.4, 0.5) is 0 Å². The summed E-state index contributed by atoms with van der Waals surface area (Å²) in [6, 6.07) is 3.08. The van der Waals surface area contributed by atoms with Crippen LogP contribution in [-0.4, -0.2) is 22.2 Å². The zero-order chi connectivity index (χ0) is 13.4. The number of hydrogen-bond acceptors (Lipinski definition) is 2. The highest BCUT2D eigenvalue weighted by Gasteiger charge is 2.23. The van der Waals surface area contributed by atoms with Crippen LogP contribution >= 0.6 is 22.6 Å². The molecule has 4 nitrogen and oxygen atoms in total. The van der Waals surface area contributed by atoms with Crippen molar-refractivity contribution in [3.8, 4) is 0 Å². The van der Waals surface area contributed by atoms with E-state index in [0.29, 0.717) is 5.56 Å². The van der Waals surface area contributed by atoms with Crippen LogP contribution in [0, 0.1) is 3.57 Å². The Kier molecular flexibility index (Phi) is 3.81. The Morgan fingerprint density at radius 3 is 1.65 bits per heavy atom. The lowest BCUT2D eigenvalue weighted by Gasteiger charge is -2.20. The van der Waals surface area contributed by atoms with E-state index in [1.165, 1.54) is 12.1 Å². The third-order valence-electron chi connectivity index (χ3n) is 2.40. The van der Waals surface area contributed by atoms with Gasteiger partial charge in [0.05, 0.1) is 11.1 Å². The van der Waals surface area contributed by atoms with Crippen molar-refractivity contribution in [2.45, 2.75) is 26.2 Å². The maximum Gasteiger partial charge on any atom is 0.336 e. The largest absolute Gasteiger partial charge is 0.478 e. The number of aromatic carboxylic acids is 2. The van der Waals surface area contributed by atoms with Gasteiger partial charge in [0.25, 0.3) is 0 Å². The molecule has 0 aliphatic carbocycles. The molecule has 0 heterocycles. The van der Waals surface area contributed by atoms with Crippen LogP contribution in [0.5, 0.6) is 0 Å². The Bertz CT molecular complexity index is 451. The van der Waals surface area contributed by atoms with Crippen molar-refractivity contribution in [1.29, 1.82) is 0 Å². The first kappa shape index (κ1) is 14.0. The van der Waals surface area contributed by atoms with E-state index >= 15 is 0 Å². The van der Waals surface area contributed by atoms with Gasteiger partial charge in [-0.05, 0) is 45.7 Å². The summed E-state index contributed by atoms with van der Waals surface area (Å²) in [5.41, 5.74) is 0.484. The molecule has 0 atom stereocenters. The zero-order valence-electron chi connectivity index (χ0n) is 9.74. The highest BCUT2D eigenvalue weighted by molar-refractivity contribution is 14.1. The summed E-state index contributed by atoms with van der Waals surface area (Å²) in [5.74, 6) is -2.22. The topological polar surface area (TPSA) is 74.6 Å². The second kappa shape index (κ2) is 4.64. The van der Waals surface area contributed by atoms with E-state index in [4.69, 9.17) is 10.2 Å². The van der Waals surface area contributed by atoms with Crippen LogP contribution in [0.25, 0.3) is 0 Å². The van der Waals surface area contributed by atoms with Gasteiger partial charge in [0, 0.05) is 3.57 Å². The van der Waals surface area contributed by atoms with Crippen LogP contribution in [0.1, 0.15) is 47.1 Å². The quantitative estimate of drug-likeness (QED) is 0.806. The standard InChI is InChI=1S/C12H13IO4/c1-12(2,3)6-4-7(10(14)15)9(13)8(5-6)11(16)17/h4-5H,1-3H3,(H,14,15)(H,16,17). The molecule has 1 aromatic rings. The Balaban J connectivity index is 3.59. The fourth-order valence-corrected chi connectivity index (χ4v) is 2.14. The molecule has 2 N–H and O–H groups in total. The number of hydrogen-bond donors (Lipinski definition) is 2. The number of carboxylic acid groups (broad SMARTS) is 2. The van der Waals surface area contributed by atoms with Crippen LogP contribution in [0.2, 0.25) is 0 Å². The van der Waals surface area contributed by atoms with Crippen LogP contribution in [0.15, 0.2) is 12.1 Å².